The Kier molecular flexibility index (Phi) is 6.35. The van der Waals surface area contributed by atoms with Crippen molar-refractivity contribution < 1.29 is 20.1 Å². The van der Waals surface area contributed by atoms with Gasteiger partial charge in [-0.15, -0.1) is 0 Å². The summed E-state index contributed by atoms with van der Waals surface area (Å²) in [5, 5.41) is 32.7. The van der Waals surface area contributed by atoms with Gasteiger partial charge in [-0.1, -0.05) is 30.3 Å². The Morgan fingerprint density at radius 3 is 1.54 bits per heavy atom. The smallest absolute Gasteiger partial charge is 0.172 e. The van der Waals surface area contributed by atoms with Crippen molar-refractivity contribution in [1.82, 2.24) is 0 Å². The van der Waals surface area contributed by atoms with E-state index in [0.29, 0.717) is 28.6 Å². The standard InChI is InChI=1S/C30H31NO4/c1-17-11-14-24(32)28(20(17)4)31(29-21(5)18(2)12-15-25(29)33)23-9-7-8-10-27(23)35-30-22(6)19(3)13-16-26(30)34/h7-16,32-34H,1-6H3. The molecule has 4 aromatic rings. The number of aromatic hydroxyl groups is 3. The second-order valence-corrected chi connectivity index (χ2v) is 9.01. The van der Waals surface area contributed by atoms with Gasteiger partial charge in [0.05, 0.1) is 17.1 Å². The Morgan fingerprint density at radius 2 is 1.00 bits per heavy atom. The Hall–Kier alpha value is -4.12. The van der Waals surface area contributed by atoms with Crippen LogP contribution in [0.15, 0.2) is 60.7 Å². The third kappa shape index (κ3) is 4.26. The van der Waals surface area contributed by atoms with Gasteiger partial charge in [-0.25, -0.2) is 0 Å². The van der Waals surface area contributed by atoms with E-state index in [-0.39, 0.29) is 17.2 Å². The molecule has 0 heterocycles. The summed E-state index contributed by atoms with van der Waals surface area (Å²) < 4.78 is 6.34. The lowest BCUT2D eigenvalue weighted by Gasteiger charge is -2.32. The molecule has 0 spiro atoms. The minimum Gasteiger partial charge on any atom is -0.506 e. The molecule has 0 radical (unpaired) electrons. The summed E-state index contributed by atoms with van der Waals surface area (Å²) in [6.45, 7) is 11.7. The molecule has 35 heavy (non-hydrogen) atoms. The predicted octanol–water partition coefficient (Wildman–Crippen LogP) is 7.92. The van der Waals surface area contributed by atoms with Gasteiger partial charge in [0.15, 0.2) is 17.2 Å². The van der Waals surface area contributed by atoms with Crippen molar-refractivity contribution in [3.63, 3.8) is 0 Å². The zero-order valence-electron chi connectivity index (χ0n) is 21.0. The number of ether oxygens (including phenoxy) is 1. The van der Waals surface area contributed by atoms with Gasteiger partial charge < -0.3 is 20.1 Å². The topological polar surface area (TPSA) is 73.2 Å². The fourth-order valence-corrected chi connectivity index (χ4v) is 4.23. The maximum Gasteiger partial charge on any atom is 0.172 e. The molecule has 4 rings (SSSR count). The van der Waals surface area contributed by atoms with E-state index in [9.17, 15) is 15.3 Å². The van der Waals surface area contributed by atoms with E-state index in [1.165, 1.54) is 0 Å². The van der Waals surface area contributed by atoms with Crippen LogP contribution in [0.25, 0.3) is 0 Å². The number of rotatable bonds is 5. The van der Waals surface area contributed by atoms with Crippen LogP contribution < -0.4 is 9.64 Å². The van der Waals surface area contributed by atoms with Crippen LogP contribution in [0.5, 0.6) is 28.7 Å². The lowest BCUT2D eigenvalue weighted by Crippen LogP contribution is -2.15. The summed E-state index contributed by atoms with van der Waals surface area (Å²) in [6.07, 6.45) is 0. The molecule has 180 valence electrons. The van der Waals surface area contributed by atoms with Gasteiger partial charge in [-0.3, -0.25) is 4.90 Å². The second-order valence-electron chi connectivity index (χ2n) is 9.01. The highest BCUT2D eigenvalue weighted by atomic mass is 16.5. The molecule has 0 saturated carbocycles. The molecule has 0 atom stereocenters. The van der Waals surface area contributed by atoms with E-state index >= 15 is 0 Å². The third-order valence-electron chi connectivity index (χ3n) is 6.78. The molecule has 5 nitrogen and oxygen atoms in total. The van der Waals surface area contributed by atoms with Crippen molar-refractivity contribution >= 4 is 17.1 Å². The minimum atomic E-state index is 0.0404. The summed E-state index contributed by atoms with van der Waals surface area (Å²) in [5.74, 6) is 1.04. The Bertz CT molecular complexity index is 1370. The number of hydrogen-bond acceptors (Lipinski definition) is 5. The van der Waals surface area contributed by atoms with Crippen molar-refractivity contribution in [3.8, 4) is 28.7 Å². The molecule has 0 aliphatic heterocycles. The quantitative estimate of drug-likeness (QED) is 0.277. The Morgan fingerprint density at radius 1 is 0.543 bits per heavy atom. The maximum atomic E-state index is 11.1. The third-order valence-corrected chi connectivity index (χ3v) is 6.78. The number of anilines is 3. The fourth-order valence-electron chi connectivity index (χ4n) is 4.23. The largest absolute Gasteiger partial charge is 0.506 e. The average Bonchev–Trinajstić information content (AvgIpc) is 2.83. The normalized spacial score (nSPS) is 10.9. The van der Waals surface area contributed by atoms with Crippen LogP contribution >= 0.6 is 0 Å². The molecule has 3 N–H and O–H groups in total. The molecule has 0 bridgehead atoms. The van der Waals surface area contributed by atoms with E-state index in [2.05, 4.69) is 0 Å². The van der Waals surface area contributed by atoms with E-state index in [4.69, 9.17) is 4.74 Å². The van der Waals surface area contributed by atoms with Gasteiger partial charge in [-0.05, 0) is 105 Å². The van der Waals surface area contributed by atoms with E-state index < -0.39 is 0 Å². The highest BCUT2D eigenvalue weighted by Gasteiger charge is 2.27. The van der Waals surface area contributed by atoms with Crippen molar-refractivity contribution in [2.75, 3.05) is 4.90 Å². The van der Waals surface area contributed by atoms with Gasteiger partial charge in [0.25, 0.3) is 0 Å². The maximum absolute atomic E-state index is 11.1. The molecule has 0 aromatic heterocycles. The van der Waals surface area contributed by atoms with Gasteiger partial charge in [-0.2, -0.15) is 0 Å². The predicted molar refractivity (Wildman–Crippen MR) is 141 cm³/mol. The Labute approximate surface area is 206 Å². The number of hydrogen-bond donors (Lipinski definition) is 3. The summed E-state index contributed by atoms with van der Waals surface area (Å²) in [4.78, 5) is 1.84. The lowest BCUT2D eigenvalue weighted by atomic mass is 10.0. The first-order chi connectivity index (χ1) is 16.6. The zero-order chi connectivity index (χ0) is 25.4. The SMILES string of the molecule is Cc1ccc(O)c(Oc2ccccc2N(c2c(O)ccc(C)c2C)c2c(O)ccc(C)c2C)c1C. The van der Waals surface area contributed by atoms with Crippen molar-refractivity contribution in [1.29, 1.82) is 0 Å². The molecule has 0 unspecified atom stereocenters. The average molecular weight is 470 g/mol. The van der Waals surface area contributed by atoms with Crippen LogP contribution in [0, 0.1) is 41.5 Å². The molecule has 0 fully saturated rings. The molecule has 5 heteroatoms. The van der Waals surface area contributed by atoms with Crippen LogP contribution in [-0.2, 0) is 0 Å². The number of para-hydroxylation sites is 2. The van der Waals surface area contributed by atoms with Crippen LogP contribution in [0.1, 0.15) is 33.4 Å². The van der Waals surface area contributed by atoms with Gasteiger partial charge >= 0.3 is 0 Å². The zero-order valence-corrected chi connectivity index (χ0v) is 21.0. The minimum absolute atomic E-state index is 0.0404. The van der Waals surface area contributed by atoms with E-state index in [1.54, 1.807) is 18.2 Å². The number of benzene rings is 4. The van der Waals surface area contributed by atoms with Crippen molar-refractivity contribution in [2.45, 2.75) is 41.5 Å². The highest BCUT2D eigenvalue weighted by Crippen LogP contribution is 2.51. The number of phenols is 3. The van der Waals surface area contributed by atoms with Crippen molar-refractivity contribution in [2.24, 2.45) is 0 Å². The molecule has 0 saturated heterocycles. The summed E-state index contributed by atoms with van der Waals surface area (Å²) >= 11 is 0. The van der Waals surface area contributed by atoms with Gasteiger partial charge in [0, 0.05) is 0 Å². The monoisotopic (exact) mass is 469 g/mol. The fraction of sp³-hybridized carbons (Fsp3) is 0.200. The Balaban J connectivity index is 2.04. The van der Waals surface area contributed by atoms with Gasteiger partial charge in [0.1, 0.15) is 11.5 Å². The molecule has 4 aromatic carbocycles. The molecule has 0 amide bonds. The number of aryl methyl sites for hydroxylation is 3. The summed E-state index contributed by atoms with van der Waals surface area (Å²) in [6, 6.07) is 17.9. The van der Waals surface area contributed by atoms with E-state index in [1.807, 2.05) is 88.9 Å². The molecule has 0 aliphatic carbocycles. The van der Waals surface area contributed by atoms with Crippen molar-refractivity contribution in [3.05, 3.63) is 94.0 Å². The second kappa shape index (κ2) is 9.26. The summed E-state index contributed by atoms with van der Waals surface area (Å²) in [7, 11) is 0. The number of nitrogens with zero attached hydrogens (tertiary/aromatic N) is 1. The lowest BCUT2D eigenvalue weighted by molar-refractivity contribution is 0.409. The van der Waals surface area contributed by atoms with Crippen LogP contribution in [0.2, 0.25) is 0 Å². The summed E-state index contributed by atoms with van der Waals surface area (Å²) in [5.41, 5.74) is 7.27. The van der Waals surface area contributed by atoms with Crippen LogP contribution in [-0.4, -0.2) is 15.3 Å². The van der Waals surface area contributed by atoms with Crippen LogP contribution in [0.3, 0.4) is 0 Å². The molecular weight excluding hydrogens is 438 g/mol. The highest BCUT2D eigenvalue weighted by molar-refractivity contribution is 5.89. The number of phenolic OH excluding ortho intramolecular Hbond substituents is 3. The van der Waals surface area contributed by atoms with E-state index in [0.717, 1.165) is 33.4 Å². The van der Waals surface area contributed by atoms with Crippen LogP contribution in [0.4, 0.5) is 17.1 Å². The first-order valence-corrected chi connectivity index (χ1v) is 11.6. The molecule has 0 aliphatic rings. The first-order valence-electron chi connectivity index (χ1n) is 11.6. The first kappa shape index (κ1) is 24.0. The van der Waals surface area contributed by atoms with Gasteiger partial charge in [0.2, 0.25) is 0 Å². The molecular formula is C30H31NO4.